The van der Waals surface area contributed by atoms with E-state index in [2.05, 4.69) is 105 Å². The van der Waals surface area contributed by atoms with Crippen LogP contribution in [0.25, 0.3) is 0 Å². The Balaban J connectivity index is 1.35. The number of para-hydroxylation sites is 2. The topological polar surface area (TPSA) is 15.7 Å². The summed E-state index contributed by atoms with van der Waals surface area (Å²) >= 11 is 0. The summed E-state index contributed by atoms with van der Waals surface area (Å²) < 4.78 is 6.27. The molecule has 0 amide bonds. The van der Waals surface area contributed by atoms with E-state index in [4.69, 9.17) is 4.74 Å². The first-order valence-corrected chi connectivity index (χ1v) is 11.9. The van der Waals surface area contributed by atoms with Crippen LogP contribution >= 0.6 is 0 Å². The highest BCUT2D eigenvalue weighted by Gasteiger charge is 2.35. The van der Waals surface area contributed by atoms with Crippen molar-refractivity contribution in [3.63, 3.8) is 0 Å². The van der Waals surface area contributed by atoms with Crippen molar-refractivity contribution >= 4 is 22.7 Å². The Morgan fingerprint density at radius 3 is 2.03 bits per heavy atom. The van der Waals surface area contributed by atoms with Gasteiger partial charge in [0.1, 0.15) is 0 Å². The molecule has 4 aromatic carbocycles. The maximum Gasteiger partial charge on any atom is 0.151 e. The van der Waals surface area contributed by atoms with Crippen LogP contribution in [0.2, 0.25) is 0 Å². The molecule has 4 aromatic rings. The Hall–Kier alpha value is -3.72. The molecule has 2 aliphatic rings. The van der Waals surface area contributed by atoms with Gasteiger partial charge in [-0.05, 0) is 72.0 Å². The number of ether oxygens (including phenoxy) is 1. The molecule has 0 saturated carbocycles. The molecule has 0 fully saturated rings. The third-order valence-corrected chi connectivity index (χ3v) is 7.52. The number of fused-ring (bicyclic) bond motifs is 4. The van der Waals surface area contributed by atoms with Gasteiger partial charge < -0.3 is 14.5 Å². The van der Waals surface area contributed by atoms with E-state index in [1.54, 1.807) is 0 Å². The Labute approximate surface area is 202 Å². The van der Waals surface area contributed by atoms with E-state index in [1.165, 1.54) is 39.2 Å². The van der Waals surface area contributed by atoms with E-state index < -0.39 is 0 Å². The van der Waals surface area contributed by atoms with Gasteiger partial charge in [-0.2, -0.15) is 0 Å². The molecular formula is C31H30N2O. The minimum atomic E-state index is -0.0510. The molecule has 0 spiro atoms. The zero-order valence-corrected chi connectivity index (χ0v) is 20.5. The van der Waals surface area contributed by atoms with Gasteiger partial charge in [0.15, 0.2) is 11.5 Å². The molecule has 0 N–H and O–H groups in total. The van der Waals surface area contributed by atoms with Gasteiger partial charge >= 0.3 is 0 Å². The highest BCUT2D eigenvalue weighted by atomic mass is 16.5. The molecule has 0 radical (unpaired) electrons. The van der Waals surface area contributed by atoms with Gasteiger partial charge in [0.05, 0.1) is 11.4 Å². The fourth-order valence-corrected chi connectivity index (χ4v) is 5.54. The SMILES string of the molecule is Cc1ccc2c(c1)C(C)(C)c1cc(Cc3ccc4c(c3)Oc3ccccc3N4C)ccc1N2C. The lowest BCUT2D eigenvalue weighted by Crippen LogP contribution is -2.31. The molecule has 6 rings (SSSR count). The van der Waals surface area contributed by atoms with E-state index >= 15 is 0 Å². The summed E-state index contributed by atoms with van der Waals surface area (Å²) in [7, 11) is 4.28. The molecule has 0 saturated heterocycles. The van der Waals surface area contributed by atoms with Crippen LogP contribution in [0.4, 0.5) is 22.7 Å². The van der Waals surface area contributed by atoms with Crippen LogP contribution in [0.3, 0.4) is 0 Å². The van der Waals surface area contributed by atoms with Crippen LogP contribution in [0.1, 0.15) is 41.7 Å². The summed E-state index contributed by atoms with van der Waals surface area (Å²) in [4.78, 5) is 4.54. The van der Waals surface area contributed by atoms with Gasteiger partial charge in [0, 0.05) is 30.9 Å². The highest BCUT2D eigenvalue weighted by molar-refractivity contribution is 5.79. The quantitative estimate of drug-likeness (QED) is 0.312. The first kappa shape index (κ1) is 20.9. The minimum absolute atomic E-state index is 0.0510. The largest absolute Gasteiger partial charge is 0.453 e. The van der Waals surface area contributed by atoms with Crippen LogP contribution in [-0.4, -0.2) is 14.1 Å². The molecule has 34 heavy (non-hydrogen) atoms. The van der Waals surface area contributed by atoms with Crippen LogP contribution in [0.5, 0.6) is 11.5 Å². The summed E-state index contributed by atoms with van der Waals surface area (Å²) in [6.45, 7) is 6.87. The zero-order chi connectivity index (χ0) is 23.6. The third-order valence-electron chi connectivity index (χ3n) is 7.52. The molecule has 0 atom stereocenters. The number of aryl methyl sites for hydroxylation is 1. The first-order chi connectivity index (χ1) is 16.3. The van der Waals surface area contributed by atoms with Gasteiger partial charge in [0.2, 0.25) is 0 Å². The van der Waals surface area contributed by atoms with Crippen molar-refractivity contribution in [1.82, 2.24) is 0 Å². The average molecular weight is 447 g/mol. The van der Waals surface area contributed by atoms with Crippen LogP contribution in [0.15, 0.2) is 78.9 Å². The lowest BCUT2D eigenvalue weighted by atomic mass is 9.73. The molecule has 0 unspecified atom stereocenters. The Bertz CT molecular complexity index is 1440. The predicted octanol–water partition coefficient (Wildman–Crippen LogP) is 7.87. The fraction of sp³-hybridized carbons (Fsp3) is 0.226. The predicted molar refractivity (Wildman–Crippen MR) is 142 cm³/mol. The zero-order valence-electron chi connectivity index (χ0n) is 20.5. The number of nitrogens with zero attached hydrogens (tertiary/aromatic N) is 2. The van der Waals surface area contributed by atoms with Gasteiger partial charge in [-0.3, -0.25) is 0 Å². The highest BCUT2D eigenvalue weighted by Crippen LogP contribution is 2.49. The lowest BCUT2D eigenvalue weighted by molar-refractivity contribution is 0.475. The molecule has 0 aromatic heterocycles. The van der Waals surface area contributed by atoms with Crippen LogP contribution in [0, 0.1) is 6.92 Å². The second kappa shape index (κ2) is 7.39. The Kier molecular flexibility index (Phi) is 4.54. The van der Waals surface area contributed by atoms with Crippen molar-refractivity contribution in [3.05, 3.63) is 107 Å². The van der Waals surface area contributed by atoms with E-state index in [1.807, 2.05) is 18.2 Å². The summed E-state index contributed by atoms with van der Waals surface area (Å²) in [6, 6.07) is 28.6. The number of hydrogen-bond acceptors (Lipinski definition) is 3. The van der Waals surface area contributed by atoms with Crippen molar-refractivity contribution in [2.45, 2.75) is 32.6 Å². The third kappa shape index (κ3) is 3.11. The Morgan fingerprint density at radius 1 is 0.647 bits per heavy atom. The molecule has 3 heteroatoms. The summed E-state index contributed by atoms with van der Waals surface area (Å²) in [5, 5.41) is 0. The van der Waals surface area contributed by atoms with E-state index in [0.29, 0.717) is 0 Å². The molecule has 170 valence electrons. The van der Waals surface area contributed by atoms with Crippen LogP contribution in [-0.2, 0) is 11.8 Å². The lowest BCUT2D eigenvalue weighted by Gasteiger charge is -2.41. The van der Waals surface area contributed by atoms with Gasteiger partial charge in [-0.1, -0.05) is 61.9 Å². The van der Waals surface area contributed by atoms with Crippen molar-refractivity contribution < 1.29 is 4.74 Å². The minimum Gasteiger partial charge on any atom is -0.453 e. The maximum atomic E-state index is 6.27. The normalized spacial score (nSPS) is 15.1. The number of hydrogen-bond donors (Lipinski definition) is 0. The fourth-order valence-electron chi connectivity index (χ4n) is 5.54. The van der Waals surface area contributed by atoms with Crippen molar-refractivity contribution in [2.24, 2.45) is 0 Å². The maximum absolute atomic E-state index is 6.27. The van der Waals surface area contributed by atoms with Gasteiger partial charge in [-0.25, -0.2) is 0 Å². The summed E-state index contributed by atoms with van der Waals surface area (Å²) in [5.41, 5.74) is 11.4. The number of anilines is 4. The van der Waals surface area contributed by atoms with Gasteiger partial charge in [0.25, 0.3) is 0 Å². The molecule has 2 aliphatic heterocycles. The van der Waals surface area contributed by atoms with E-state index in [0.717, 1.165) is 29.3 Å². The smallest absolute Gasteiger partial charge is 0.151 e. The van der Waals surface area contributed by atoms with Crippen LogP contribution < -0.4 is 14.5 Å². The average Bonchev–Trinajstić information content (AvgIpc) is 2.83. The number of benzene rings is 4. The van der Waals surface area contributed by atoms with Crippen molar-refractivity contribution in [3.8, 4) is 11.5 Å². The van der Waals surface area contributed by atoms with E-state index in [9.17, 15) is 0 Å². The standard InChI is InChI=1S/C31H30N2O/c1-20-10-13-25-23(16-20)31(2,3)24-18-21(11-14-26(24)32(25)4)17-22-12-15-28-30(19-22)34-29-9-7-6-8-27(29)33(28)5/h6-16,18-19H,17H2,1-5H3. The molecule has 2 heterocycles. The summed E-state index contributed by atoms with van der Waals surface area (Å²) in [5.74, 6) is 1.82. The first-order valence-electron chi connectivity index (χ1n) is 11.9. The molecule has 3 nitrogen and oxygen atoms in total. The van der Waals surface area contributed by atoms with Crippen molar-refractivity contribution in [2.75, 3.05) is 23.9 Å². The second-order valence-corrected chi connectivity index (χ2v) is 10.2. The van der Waals surface area contributed by atoms with Crippen molar-refractivity contribution in [1.29, 1.82) is 0 Å². The number of rotatable bonds is 2. The van der Waals surface area contributed by atoms with E-state index in [-0.39, 0.29) is 5.41 Å². The molecular weight excluding hydrogens is 416 g/mol. The monoisotopic (exact) mass is 446 g/mol. The molecule has 0 bridgehead atoms. The Morgan fingerprint density at radius 2 is 1.24 bits per heavy atom. The molecule has 0 aliphatic carbocycles. The summed E-state index contributed by atoms with van der Waals surface area (Å²) in [6.07, 6.45) is 0.871. The second-order valence-electron chi connectivity index (χ2n) is 10.2. The van der Waals surface area contributed by atoms with Gasteiger partial charge in [-0.15, -0.1) is 0 Å².